The van der Waals surface area contributed by atoms with Crippen LogP contribution < -0.4 is 0 Å². The summed E-state index contributed by atoms with van der Waals surface area (Å²) < 4.78 is 10.0. The molecule has 24 heavy (non-hydrogen) atoms. The second-order valence-electron chi connectivity index (χ2n) is 6.12. The SMILES string of the molecule is CCCCCCCCCCCCOC(=O)CCC(=O)OCCC.[NaH]. The van der Waals surface area contributed by atoms with E-state index >= 15 is 0 Å². The van der Waals surface area contributed by atoms with Crippen molar-refractivity contribution < 1.29 is 19.1 Å². The maximum atomic E-state index is 11.5. The molecule has 0 saturated heterocycles. The van der Waals surface area contributed by atoms with Gasteiger partial charge in [-0.3, -0.25) is 9.59 Å². The van der Waals surface area contributed by atoms with Crippen molar-refractivity contribution in [3.8, 4) is 0 Å². The molecular weight excluding hydrogens is 315 g/mol. The third-order valence-electron chi connectivity index (χ3n) is 3.76. The Balaban J connectivity index is 0. The molecule has 138 valence electrons. The summed E-state index contributed by atoms with van der Waals surface area (Å²) in [6, 6.07) is 0. The van der Waals surface area contributed by atoms with Crippen molar-refractivity contribution in [3.05, 3.63) is 0 Å². The van der Waals surface area contributed by atoms with Gasteiger partial charge < -0.3 is 9.47 Å². The van der Waals surface area contributed by atoms with Crippen molar-refractivity contribution >= 4 is 41.5 Å². The van der Waals surface area contributed by atoms with Crippen molar-refractivity contribution in [3.63, 3.8) is 0 Å². The van der Waals surface area contributed by atoms with E-state index in [0.29, 0.717) is 13.2 Å². The van der Waals surface area contributed by atoms with Gasteiger partial charge in [0.1, 0.15) is 0 Å². The summed E-state index contributed by atoms with van der Waals surface area (Å²) in [4.78, 5) is 22.7. The second-order valence-corrected chi connectivity index (χ2v) is 6.12. The van der Waals surface area contributed by atoms with Crippen molar-refractivity contribution in [1.29, 1.82) is 0 Å². The van der Waals surface area contributed by atoms with Crippen LogP contribution in [-0.2, 0) is 19.1 Å². The van der Waals surface area contributed by atoms with E-state index in [1.807, 2.05) is 6.92 Å². The van der Waals surface area contributed by atoms with Gasteiger partial charge in [-0.25, -0.2) is 0 Å². The van der Waals surface area contributed by atoms with Crippen molar-refractivity contribution in [2.75, 3.05) is 13.2 Å². The quantitative estimate of drug-likeness (QED) is 0.232. The predicted molar refractivity (Wildman–Crippen MR) is 100 cm³/mol. The van der Waals surface area contributed by atoms with Crippen LogP contribution >= 0.6 is 0 Å². The number of carbonyl (C=O) groups is 2. The number of hydrogen-bond acceptors (Lipinski definition) is 4. The Bertz CT molecular complexity index is 295. The number of rotatable bonds is 16. The molecule has 5 heteroatoms. The van der Waals surface area contributed by atoms with Gasteiger partial charge in [0.25, 0.3) is 0 Å². The summed E-state index contributed by atoms with van der Waals surface area (Å²) >= 11 is 0. The zero-order chi connectivity index (χ0) is 17.2. The van der Waals surface area contributed by atoms with Crippen LogP contribution in [0.1, 0.15) is 97.3 Å². The molecule has 0 aliphatic carbocycles. The van der Waals surface area contributed by atoms with Crippen molar-refractivity contribution in [1.82, 2.24) is 0 Å². The fourth-order valence-electron chi connectivity index (χ4n) is 2.34. The third kappa shape index (κ3) is 20.0. The Morgan fingerprint density at radius 3 is 1.46 bits per heavy atom. The second kappa shape index (κ2) is 21.0. The maximum absolute atomic E-state index is 11.5. The summed E-state index contributed by atoms with van der Waals surface area (Å²) in [5.41, 5.74) is 0. The number of ether oxygens (including phenoxy) is 2. The van der Waals surface area contributed by atoms with E-state index in [2.05, 4.69) is 6.92 Å². The van der Waals surface area contributed by atoms with Gasteiger partial charge in [-0.1, -0.05) is 71.6 Å². The Labute approximate surface area is 170 Å². The molecule has 0 aromatic rings. The zero-order valence-corrected chi connectivity index (χ0v) is 15.2. The Kier molecular flexibility index (Phi) is 22.9. The van der Waals surface area contributed by atoms with Crippen LogP contribution in [0.25, 0.3) is 0 Å². The summed E-state index contributed by atoms with van der Waals surface area (Å²) in [5, 5.41) is 0. The van der Waals surface area contributed by atoms with Gasteiger partial charge in [0, 0.05) is 0 Å². The minimum atomic E-state index is -0.317. The number of carbonyl (C=O) groups excluding carboxylic acids is 2. The standard InChI is InChI=1S/C19H36O4.Na.H/c1-3-5-6-7-8-9-10-11-12-13-17-23-19(21)15-14-18(20)22-16-4-2;;/h3-17H2,1-2H3;;. The van der Waals surface area contributed by atoms with E-state index in [1.165, 1.54) is 51.4 Å². The average Bonchev–Trinajstić information content (AvgIpc) is 2.56. The first-order chi connectivity index (χ1) is 11.2. The molecule has 0 aromatic heterocycles. The summed E-state index contributed by atoms with van der Waals surface area (Å²) in [6.45, 7) is 5.07. The molecule has 0 spiro atoms. The Morgan fingerprint density at radius 2 is 1.00 bits per heavy atom. The van der Waals surface area contributed by atoms with E-state index in [9.17, 15) is 9.59 Å². The van der Waals surface area contributed by atoms with Crippen LogP contribution in [0.2, 0.25) is 0 Å². The van der Waals surface area contributed by atoms with Gasteiger partial charge in [-0.15, -0.1) is 0 Å². The summed E-state index contributed by atoms with van der Waals surface area (Å²) in [5.74, 6) is -0.614. The van der Waals surface area contributed by atoms with Crippen LogP contribution in [0.4, 0.5) is 0 Å². The van der Waals surface area contributed by atoms with Crippen LogP contribution in [0.3, 0.4) is 0 Å². The molecule has 0 atom stereocenters. The molecule has 0 radical (unpaired) electrons. The number of esters is 2. The minimum absolute atomic E-state index is 0. The topological polar surface area (TPSA) is 52.6 Å². The molecule has 0 rings (SSSR count). The molecule has 0 bridgehead atoms. The molecule has 0 fully saturated rings. The summed E-state index contributed by atoms with van der Waals surface area (Å²) in [7, 11) is 0. The molecule has 4 nitrogen and oxygen atoms in total. The molecule has 0 amide bonds. The molecule has 0 aliphatic heterocycles. The monoisotopic (exact) mass is 352 g/mol. The Hall–Kier alpha value is -0.0600. The van der Waals surface area contributed by atoms with Crippen LogP contribution in [0.15, 0.2) is 0 Å². The Morgan fingerprint density at radius 1 is 0.583 bits per heavy atom. The van der Waals surface area contributed by atoms with E-state index in [-0.39, 0.29) is 54.3 Å². The van der Waals surface area contributed by atoms with E-state index in [0.717, 1.165) is 19.3 Å². The van der Waals surface area contributed by atoms with Gasteiger partial charge in [-0.05, 0) is 12.8 Å². The van der Waals surface area contributed by atoms with E-state index in [1.54, 1.807) is 0 Å². The first kappa shape index (κ1) is 26.2. The van der Waals surface area contributed by atoms with Gasteiger partial charge in [0.05, 0.1) is 26.1 Å². The van der Waals surface area contributed by atoms with Crippen LogP contribution in [-0.4, -0.2) is 54.7 Å². The third-order valence-corrected chi connectivity index (χ3v) is 3.76. The van der Waals surface area contributed by atoms with Crippen molar-refractivity contribution in [2.24, 2.45) is 0 Å². The predicted octanol–water partition coefficient (Wildman–Crippen LogP) is 4.54. The van der Waals surface area contributed by atoms with E-state index < -0.39 is 0 Å². The fourth-order valence-corrected chi connectivity index (χ4v) is 2.34. The summed E-state index contributed by atoms with van der Waals surface area (Å²) in [6.07, 6.45) is 13.7. The van der Waals surface area contributed by atoms with E-state index in [4.69, 9.17) is 9.47 Å². The van der Waals surface area contributed by atoms with Gasteiger partial charge >= 0.3 is 41.5 Å². The van der Waals surface area contributed by atoms with Gasteiger partial charge in [0.2, 0.25) is 0 Å². The first-order valence-corrected chi connectivity index (χ1v) is 9.52. The average molecular weight is 352 g/mol. The number of hydrogen-bond donors (Lipinski definition) is 0. The molecule has 0 heterocycles. The normalized spacial score (nSPS) is 10.1. The molecule has 0 saturated carbocycles. The molecular formula is C19H37NaO4. The number of unbranched alkanes of at least 4 members (excludes halogenated alkanes) is 9. The zero-order valence-electron chi connectivity index (χ0n) is 15.2. The van der Waals surface area contributed by atoms with Gasteiger partial charge in [0.15, 0.2) is 0 Å². The molecule has 0 N–H and O–H groups in total. The van der Waals surface area contributed by atoms with Gasteiger partial charge in [-0.2, -0.15) is 0 Å². The fraction of sp³-hybridized carbons (Fsp3) is 0.895. The molecule has 0 unspecified atom stereocenters. The molecule has 0 aliphatic rings. The first-order valence-electron chi connectivity index (χ1n) is 9.52. The van der Waals surface area contributed by atoms with Crippen molar-refractivity contribution in [2.45, 2.75) is 97.3 Å². The van der Waals surface area contributed by atoms with Crippen LogP contribution in [0.5, 0.6) is 0 Å². The molecule has 0 aromatic carbocycles. The van der Waals surface area contributed by atoms with Crippen LogP contribution in [0, 0.1) is 0 Å².